The Morgan fingerprint density at radius 1 is 1.21 bits per heavy atom. The van der Waals surface area contributed by atoms with Crippen LogP contribution >= 0.6 is 0 Å². The molecular weight excluding hydrogens is 440 g/mol. The van der Waals surface area contributed by atoms with E-state index in [-0.39, 0.29) is 35.8 Å². The van der Waals surface area contributed by atoms with E-state index >= 15 is 0 Å². The second-order valence-electron chi connectivity index (χ2n) is 8.65. The van der Waals surface area contributed by atoms with Gasteiger partial charge in [-0.05, 0) is 57.4 Å². The molecule has 178 valence electrons. The molecule has 2 aromatic carbocycles. The van der Waals surface area contributed by atoms with Crippen LogP contribution < -0.4 is 9.47 Å². The van der Waals surface area contributed by atoms with Crippen LogP contribution in [0.1, 0.15) is 25.0 Å². The van der Waals surface area contributed by atoms with E-state index in [1.165, 1.54) is 4.31 Å². The smallest absolute Gasteiger partial charge is 0.247 e. The third kappa shape index (κ3) is 5.87. The number of likely N-dealkylation sites (N-methyl/N-ethyl adjacent to an activating group) is 1. The Morgan fingerprint density at radius 3 is 2.55 bits per heavy atom. The predicted molar refractivity (Wildman–Crippen MR) is 128 cm³/mol. The van der Waals surface area contributed by atoms with Gasteiger partial charge in [-0.15, -0.1) is 0 Å². The molecule has 3 atom stereocenters. The molecule has 33 heavy (non-hydrogen) atoms. The van der Waals surface area contributed by atoms with E-state index in [1.54, 1.807) is 32.2 Å². The van der Waals surface area contributed by atoms with Crippen molar-refractivity contribution in [2.75, 3.05) is 40.9 Å². The van der Waals surface area contributed by atoms with Crippen LogP contribution in [0.15, 0.2) is 47.4 Å². The molecule has 0 bridgehead atoms. The highest BCUT2D eigenvalue weighted by atomic mass is 32.2. The Morgan fingerprint density at radius 2 is 1.91 bits per heavy atom. The Kier molecular flexibility index (Phi) is 8.03. The summed E-state index contributed by atoms with van der Waals surface area (Å²) in [5.74, 6) is 7.09. The van der Waals surface area contributed by atoms with Crippen molar-refractivity contribution >= 4 is 10.0 Å². The molecule has 0 radical (unpaired) electrons. The summed E-state index contributed by atoms with van der Waals surface area (Å²) in [6.45, 7) is 4.31. The van der Waals surface area contributed by atoms with Gasteiger partial charge in [-0.2, -0.15) is 4.31 Å². The van der Waals surface area contributed by atoms with Gasteiger partial charge >= 0.3 is 0 Å². The molecule has 0 fully saturated rings. The Bertz CT molecular complexity index is 1140. The maximum absolute atomic E-state index is 13.5. The number of ether oxygens (including phenoxy) is 2. The number of aliphatic hydroxyl groups excluding tert-OH is 1. The molecule has 0 unspecified atom stereocenters. The van der Waals surface area contributed by atoms with Gasteiger partial charge in [0.15, 0.2) is 0 Å². The van der Waals surface area contributed by atoms with Crippen molar-refractivity contribution in [3.8, 4) is 23.3 Å². The summed E-state index contributed by atoms with van der Waals surface area (Å²) >= 11 is 0. The quantitative estimate of drug-likeness (QED) is 0.674. The van der Waals surface area contributed by atoms with Gasteiger partial charge in [-0.25, -0.2) is 8.42 Å². The number of nitrogens with zero attached hydrogens (tertiary/aromatic N) is 2. The molecule has 0 saturated heterocycles. The van der Waals surface area contributed by atoms with E-state index < -0.39 is 16.1 Å². The second kappa shape index (κ2) is 10.6. The van der Waals surface area contributed by atoms with Crippen molar-refractivity contribution in [3.05, 3.63) is 53.6 Å². The predicted octanol–water partition coefficient (Wildman–Crippen LogP) is 2.43. The highest BCUT2D eigenvalue weighted by molar-refractivity contribution is 7.89. The zero-order valence-corrected chi connectivity index (χ0v) is 20.6. The maximum Gasteiger partial charge on any atom is 0.247 e. The highest BCUT2D eigenvalue weighted by Gasteiger charge is 2.37. The van der Waals surface area contributed by atoms with E-state index in [1.807, 2.05) is 50.2 Å². The van der Waals surface area contributed by atoms with E-state index in [4.69, 9.17) is 9.47 Å². The number of sulfonamides is 1. The van der Waals surface area contributed by atoms with Crippen molar-refractivity contribution in [3.63, 3.8) is 0 Å². The van der Waals surface area contributed by atoms with Crippen molar-refractivity contribution in [2.24, 2.45) is 5.92 Å². The lowest BCUT2D eigenvalue weighted by Crippen LogP contribution is -2.49. The van der Waals surface area contributed by atoms with Gasteiger partial charge in [-0.1, -0.05) is 24.8 Å². The largest absolute Gasteiger partial charge is 0.497 e. The van der Waals surface area contributed by atoms with Crippen LogP contribution in [0, 0.1) is 17.8 Å². The third-order valence-electron chi connectivity index (χ3n) is 5.63. The number of fused-ring (bicyclic) bond motifs is 1. The molecule has 0 aromatic heterocycles. The number of aliphatic hydroxyl groups is 1. The average molecular weight is 473 g/mol. The van der Waals surface area contributed by atoms with Crippen LogP contribution in [-0.2, 0) is 10.0 Å². The van der Waals surface area contributed by atoms with Gasteiger partial charge in [0.05, 0.1) is 13.7 Å². The topological polar surface area (TPSA) is 79.3 Å². The number of hydrogen-bond acceptors (Lipinski definition) is 6. The molecule has 0 saturated carbocycles. The van der Waals surface area contributed by atoms with Crippen LogP contribution in [0.2, 0.25) is 0 Å². The molecule has 3 rings (SSSR count). The van der Waals surface area contributed by atoms with E-state index in [0.29, 0.717) is 17.9 Å². The summed E-state index contributed by atoms with van der Waals surface area (Å²) in [6, 6.07) is 11.8. The lowest BCUT2D eigenvalue weighted by atomic mass is 10.0. The van der Waals surface area contributed by atoms with Gasteiger partial charge in [0.25, 0.3) is 0 Å². The first kappa shape index (κ1) is 25.1. The summed E-state index contributed by atoms with van der Waals surface area (Å²) in [6.07, 6.45) is -0.232. The minimum absolute atomic E-state index is 0.0872. The molecule has 1 N–H and O–H groups in total. The van der Waals surface area contributed by atoms with E-state index in [9.17, 15) is 13.5 Å². The first-order chi connectivity index (χ1) is 15.6. The van der Waals surface area contributed by atoms with Crippen molar-refractivity contribution in [1.82, 2.24) is 9.21 Å². The SMILES string of the molecule is COc1cccc(C#Cc2ccc3c(c2)O[C@@H](CN(C)C)[C@H](C)CN([C@H](C)CO)S3(=O)=O)c1. The fraction of sp³-hybridized carbons (Fsp3) is 0.440. The summed E-state index contributed by atoms with van der Waals surface area (Å²) in [5.41, 5.74) is 1.43. The molecule has 8 heteroatoms. The standard InChI is InChI=1S/C25H32N2O5S/c1-18-15-27(19(2)17-28)33(29,30)25-12-11-21(14-23(25)32-24(18)16-26(3)4)10-9-20-7-6-8-22(13-20)31-5/h6-8,11-14,18-19,24,28H,15-17H2,1-5H3/t18-,19-,24+/m1/s1. The lowest BCUT2D eigenvalue weighted by molar-refractivity contribution is 0.0812. The molecule has 0 spiro atoms. The van der Waals surface area contributed by atoms with Gasteiger partial charge in [0, 0.05) is 36.2 Å². The monoisotopic (exact) mass is 472 g/mol. The third-order valence-corrected chi connectivity index (χ3v) is 7.65. The van der Waals surface area contributed by atoms with Crippen LogP contribution in [0.5, 0.6) is 11.5 Å². The first-order valence-electron chi connectivity index (χ1n) is 10.9. The number of methoxy groups -OCH3 is 1. The molecule has 0 amide bonds. The summed E-state index contributed by atoms with van der Waals surface area (Å²) < 4.78 is 39.9. The summed E-state index contributed by atoms with van der Waals surface area (Å²) in [5, 5.41) is 9.71. The molecule has 1 aliphatic heterocycles. The van der Waals surface area contributed by atoms with Gasteiger partial charge in [-0.3, -0.25) is 0 Å². The van der Waals surface area contributed by atoms with Crippen molar-refractivity contribution in [2.45, 2.75) is 30.9 Å². The maximum atomic E-state index is 13.5. The van der Waals surface area contributed by atoms with E-state index in [2.05, 4.69) is 11.8 Å². The van der Waals surface area contributed by atoms with Crippen molar-refractivity contribution < 1.29 is 23.0 Å². The fourth-order valence-corrected chi connectivity index (χ4v) is 5.55. The normalized spacial score (nSPS) is 21.1. The van der Waals surface area contributed by atoms with Crippen LogP contribution in [-0.4, -0.2) is 75.8 Å². The Balaban J connectivity index is 2.06. The summed E-state index contributed by atoms with van der Waals surface area (Å²) in [4.78, 5) is 2.11. The molecule has 7 nitrogen and oxygen atoms in total. The minimum atomic E-state index is -3.86. The number of hydrogen-bond donors (Lipinski definition) is 1. The number of rotatable bonds is 5. The Labute approximate surface area is 197 Å². The first-order valence-corrected chi connectivity index (χ1v) is 12.3. The molecule has 2 aromatic rings. The molecule has 1 heterocycles. The lowest BCUT2D eigenvalue weighted by Gasteiger charge is -2.37. The molecular formula is C25H32N2O5S. The molecule has 1 aliphatic rings. The second-order valence-corrected chi connectivity index (χ2v) is 10.5. The zero-order valence-electron chi connectivity index (χ0n) is 19.8. The minimum Gasteiger partial charge on any atom is -0.497 e. The average Bonchev–Trinajstić information content (AvgIpc) is 2.79. The van der Waals surface area contributed by atoms with Gasteiger partial charge in [0.1, 0.15) is 22.5 Å². The van der Waals surface area contributed by atoms with Gasteiger partial charge in [0.2, 0.25) is 10.0 Å². The van der Waals surface area contributed by atoms with Crippen LogP contribution in [0.3, 0.4) is 0 Å². The van der Waals surface area contributed by atoms with E-state index in [0.717, 1.165) is 5.56 Å². The van der Waals surface area contributed by atoms with Gasteiger partial charge < -0.3 is 19.5 Å². The molecule has 0 aliphatic carbocycles. The van der Waals surface area contributed by atoms with Crippen LogP contribution in [0.4, 0.5) is 0 Å². The Hall–Kier alpha value is -2.57. The highest BCUT2D eigenvalue weighted by Crippen LogP contribution is 2.34. The summed E-state index contributed by atoms with van der Waals surface area (Å²) in [7, 11) is 1.65. The van der Waals surface area contributed by atoms with Crippen molar-refractivity contribution in [1.29, 1.82) is 0 Å². The number of benzene rings is 2. The zero-order chi connectivity index (χ0) is 24.2. The fourth-order valence-electron chi connectivity index (χ4n) is 3.73. The van der Waals surface area contributed by atoms with Crippen LogP contribution in [0.25, 0.3) is 0 Å².